The second-order valence-corrected chi connectivity index (χ2v) is 6.98. The van der Waals surface area contributed by atoms with Gasteiger partial charge >= 0.3 is 0 Å². The first kappa shape index (κ1) is 18.1. The summed E-state index contributed by atoms with van der Waals surface area (Å²) in [7, 11) is -3.52. The van der Waals surface area contributed by atoms with Crippen molar-refractivity contribution in [2.75, 3.05) is 13.1 Å². The highest BCUT2D eigenvalue weighted by Gasteiger charge is 2.28. The lowest BCUT2D eigenvalue weighted by Gasteiger charge is -2.29. The summed E-state index contributed by atoms with van der Waals surface area (Å²) < 4.78 is 26.5. The van der Waals surface area contributed by atoms with E-state index in [1.165, 1.54) is 16.4 Å². The molecule has 0 bridgehead atoms. The molecule has 0 amide bonds. The predicted octanol–water partition coefficient (Wildman–Crippen LogP) is 1.81. The maximum absolute atomic E-state index is 12.5. The maximum Gasteiger partial charge on any atom is 0.243 e. The number of nitrogens with zero attached hydrogens (tertiary/aromatic N) is 1. The number of ketones is 1. The lowest BCUT2D eigenvalue weighted by atomic mass is 10.1. The molecule has 1 aliphatic heterocycles. The molecule has 7 heteroatoms. The van der Waals surface area contributed by atoms with Crippen molar-refractivity contribution in [3.8, 4) is 0 Å². The van der Waals surface area contributed by atoms with E-state index in [0.29, 0.717) is 37.9 Å². The molecule has 1 aliphatic rings. The number of nitrogens with two attached hydrogens (primary N) is 1. The predicted molar refractivity (Wildman–Crippen MR) is 84.3 cm³/mol. The number of hydrogen-bond donors (Lipinski definition) is 1. The third kappa shape index (κ3) is 4.03. The fourth-order valence-corrected chi connectivity index (χ4v) is 3.82. The van der Waals surface area contributed by atoms with Crippen molar-refractivity contribution in [3.05, 3.63) is 29.8 Å². The van der Waals surface area contributed by atoms with Gasteiger partial charge in [0.25, 0.3) is 0 Å². The Hall–Kier alpha value is -0.950. The van der Waals surface area contributed by atoms with Gasteiger partial charge in [0.2, 0.25) is 10.0 Å². The molecule has 1 fully saturated rings. The number of rotatable bonds is 4. The zero-order valence-electron chi connectivity index (χ0n) is 12.0. The SMILES string of the molecule is CCC(=O)c1cccc(S(=O)(=O)N2CCC(N)CC2)c1.Cl. The Morgan fingerprint density at radius 3 is 2.52 bits per heavy atom. The number of sulfonamides is 1. The average Bonchev–Trinajstić information content (AvgIpc) is 2.47. The van der Waals surface area contributed by atoms with Gasteiger partial charge in [0.05, 0.1) is 4.90 Å². The van der Waals surface area contributed by atoms with Crippen LogP contribution in [0.3, 0.4) is 0 Å². The van der Waals surface area contributed by atoms with Gasteiger partial charge < -0.3 is 5.73 Å². The van der Waals surface area contributed by atoms with Crippen LogP contribution < -0.4 is 5.73 Å². The highest BCUT2D eigenvalue weighted by Crippen LogP contribution is 2.21. The molecule has 0 aliphatic carbocycles. The molecule has 5 nitrogen and oxygen atoms in total. The molecule has 1 heterocycles. The average molecular weight is 333 g/mol. The highest BCUT2D eigenvalue weighted by molar-refractivity contribution is 7.89. The van der Waals surface area contributed by atoms with Crippen molar-refractivity contribution < 1.29 is 13.2 Å². The van der Waals surface area contributed by atoms with Crippen LogP contribution in [0, 0.1) is 0 Å². The zero-order chi connectivity index (χ0) is 14.8. The van der Waals surface area contributed by atoms with E-state index in [1.54, 1.807) is 19.1 Å². The van der Waals surface area contributed by atoms with Gasteiger partial charge in [-0.2, -0.15) is 4.31 Å². The van der Waals surface area contributed by atoms with Gasteiger partial charge in [-0.15, -0.1) is 12.4 Å². The van der Waals surface area contributed by atoms with E-state index in [4.69, 9.17) is 5.73 Å². The van der Waals surface area contributed by atoms with Crippen LogP contribution in [0.15, 0.2) is 29.2 Å². The Kier molecular flexibility index (Phi) is 6.34. The fourth-order valence-electron chi connectivity index (χ4n) is 2.30. The largest absolute Gasteiger partial charge is 0.328 e. The molecule has 1 saturated heterocycles. The lowest BCUT2D eigenvalue weighted by Crippen LogP contribution is -2.42. The second kappa shape index (κ2) is 7.35. The van der Waals surface area contributed by atoms with Crippen LogP contribution >= 0.6 is 12.4 Å². The van der Waals surface area contributed by atoms with Gasteiger partial charge in [-0.3, -0.25) is 4.79 Å². The minimum Gasteiger partial charge on any atom is -0.328 e. The molecule has 0 aromatic heterocycles. The van der Waals surface area contributed by atoms with E-state index in [9.17, 15) is 13.2 Å². The summed E-state index contributed by atoms with van der Waals surface area (Å²) in [5.41, 5.74) is 6.24. The Morgan fingerprint density at radius 2 is 1.95 bits per heavy atom. The van der Waals surface area contributed by atoms with Crippen LogP contribution in [0.2, 0.25) is 0 Å². The van der Waals surface area contributed by atoms with E-state index < -0.39 is 10.0 Å². The minimum absolute atomic E-state index is 0. The third-order valence-electron chi connectivity index (χ3n) is 3.61. The van der Waals surface area contributed by atoms with Gasteiger partial charge in [-0.25, -0.2) is 8.42 Å². The zero-order valence-corrected chi connectivity index (χ0v) is 13.6. The fraction of sp³-hybridized carbons (Fsp3) is 0.500. The third-order valence-corrected chi connectivity index (χ3v) is 5.51. The van der Waals surface area contributed by atoms with Crippen LogP contribution in [0.1, 0.15) is 36.5 Å². The van der Waals surface area contributed by atoms with Gasteiger partial charge in [0, 0.05) is 31.1 Å². The van der Waals surface area contributed by atoms with E-state index in [-0.39, 0.29) is 29.1 Å². The molecule has 2 N–H and O–H groups in total. The second-order valence-electron chi connectivity index (χ2n) is 5.05. The maximum atomic E-state index is 12.5. The molecule has 118 valence electrons. The van der Waals surface area contributed by atoms with E-state index in [2.05, 4.69) is 0 Å². The summed E-state index contributed by atoms with van der Waals surface area (Å²) in [6, 6.07) is 6.35. The number of benzene rings is 1. The monoisotopic (exact) mass is 332 g/mol. The topological polar surface area (TPSA) is 80.5 Å². The Morgan fingerprint density at radius 1 is 1.33 bits per heavy atom. The first-order chi connectivity index (χ1) is 9.45. The number of halogens is 1. The number of carbonyl (C=O) groups excluding carboxylic acids is 1. The normalized spacial score (nSPS) is 17.2. The molecule has 0 radical (unpaired) electrons. The smallest absolute Gasteiger partial charge is 0.243 e. The molecule has 2 rings (SSSR count). The number of piperidine rings is 1. The van der Waals surface area contributed by atoms with Crippen LogP contribution in [-0.2, 0) is 10.0 Å². The molecule has 0 atom stereocenters. The number of hydrogen-bond acceptors (Lipinski definition) is 4. The van der Waals surface area contributed by atoms with E-state index in [1.807, 2.05) is 0 Å². The van der Waals surface area contributed by atoms with Crippen molar-refractivity contribution in [3.63, 3.8) is 0 Å². The number of Topliss-reactive ketones (excluding diaryl/α,β-unsaturated/α-hetero) is 1. The van der Waals surface area contributed by atoms with Crippen molar-refractivity contribution >= 4 is 28.2 Å². The molecule has 0 unspecified atom stereocenters. The Bertz CT molecular complexity index is 596. The van der Waals surface area contributed by atoms with Gasteiger partial charge in [0.1, 0.15) is 0 Å². The highest BCUT2D eigenvalue weighted by atomic mass is 35.5. The Balaban J connectivity index is 0.00000220. The summed E-state index contributed by atoms with van der Waals surface area (Å²) in [4.78, 5) is 11.9. The van der Waals surface area contributed by atoms with Crippen LogP contribution in [0.5, 0.6) is 0 Å². The van der Waals surface area contributed by atoms with E-state index in [0.717, 1.165) is 0 Å². The van der Waals surface area contributed by atoms with Gasteiger partial charge in [-0.05, 0) is 25.0 Å². The molecule has 0 spiro atoms. The van der Waals surface area contributed by atoms with Crippen molar-refractivity contribution in [1.82, 2.24) is 4.31 Å². The lowest BCUT2D eigenvalue weighted by molar-refractivity contribution is 0.0988. The molecular formula is C14H21ClN2O3S. The molecule has 0 saturated carbocycles. The summed E-state index contributed by atoms with van der Waals surface area (Å²) in [6.45, 7) is 2.64. The van der Waals surface area contributed by atoms with E-state index >= 15 is 0 Å². The number of carbonyl (C=O) groups is 1. The van der Waals surface area contributed by atoms with Crippen molar-refractivity contribution in [1.29, 1.82) is 0 Å². The molecular weight excluding hydrogens is 312 g/mol. The van der Waals surface area contributed by atoms with Crippen LogP contribution in [-0.4, -0.2) is 37.6 Å². The first-order valence-corrected chi connectivity index (χ1v) is 8.28. The summed E-state index contributed by atoms with van der Waals surface area (Å²) in [5.74, 6) is -0.0530. The minimum atomic E-state index is -3.52. The molecule has 1 aromatic carbocycles. The van der Waals surface area contributed by atoms with Gasteiger partial charge in [0.15, 0.2) is 5.78 Å². The standard InChI is InChI=1S/C14H20N2O3S.ClH/c1-2-14(17)11-4-3-5-13(10-11)20(18,19)16-8-6-12(15)7-9-16;/h3-5,10,12H,2,6-9,15H2,1H3;1H. The molecule has 1 aromatic rings. The quantitative estimate of drug-likeness (QED) is 0.853. The van der Waals surface area contributed by atoms with Crippen molar-refractivity contribution in [2.24, 2.45) is 5.73 Å². The van der Waals surface area contributed by atoms with Gasteiger partial charge in [-0.1, -0.05) is 19.1 Å². The summed E-state index contributed by atoms with van der Waals surface area (Å²) in [6.07, 6.45) is 1.71. The van der Waals surface area contributed by atoms with Crippen molar-refractivity contribution in [2.45, 2.75) is 37.1 Å². The summed E-state index contributed by atoms with van der Waals surface area (Å²) in [5, 5.41) is 0. The van der Waals surface area contributed by atoms with Crippen LogP contribution in [0.4, 0.5) is 0 Å². The Labute approximate surface area is 132 Å². The first-order valence-electron chi connectivity index (χ1n) is 6.84. The van der Waals surface area contributed by atoms with Crippen LogP contribution in [0.25, 0.3) is 0 Å². The summed E-state index contributed by atoms with van der Waals surface area (Å²) >= 11 is 0. The molecule has 21 heavy (non-hydrogen) atoms.